The van der Waals surface area contributed by atoms with Crippen molar-refractivity contribution >= 4 is 39.5 Å². The van der Waals surface area contributed by atoms with Gasteiger partial charge in [-0.1, -0.05) is 296 Å². The molecule has 19 heteroatoms. The van der Waals surface area contributed by atoms with Crippen molar-refractivity contribution in [3.63, 3.8) is 0 Å². The number of carbonyl (C=O) groups is 4. The van der Waals surface area contributed by atoms with Gasteiger partial charge in [-0.25, -0.2) is 9.13 Å². The zero-order valence-corrected chi connectivity index (χ0v) is 66.9. The molecule has 0 heterocycles. The van der Waals surface area contributed by atoms with E-state index >= 15 is 0 Å². The summed E-state index contributed by atoms with van der Waals surface area (Å²) in [4.78, 5) is 73.1. The van der Waals surface area contributed by atoms with Crippen LogP contribution in [0.1, 0.15) is 323 Å². The van der Waals surface area contributed by atoms with Crippen LogP contribution in [0.5, 0.6) is 0 Å². The number of hydrogen-bond acceptors (Lipinski definition) is 15. The highest BCUT2D eigenvalue weighted by Crippen LogP contribution is 2.45. The molecule has 0 fully saturated rings. The largest absolute Gasteiger partial charge is 0.472 e. The third kappa shape index (κ3) is 75.4. The summed E-state index contributed by atoms with van der Waals surface area (Å²) in [6, 6.07) is 0. The fraction of sp³-hybridized carbons (Fsp3) is 0.694. The number of hydrogen-bond donors (Lipinski definition) is 3. The number of unbranched alkanes of at least 4 members (excludes halogenated alkanes) is 27. The van der Waals surface area contributed by atoms with Gasteiger partial charge >= 0.3 is 39.5 Å². The average Bonchev–Trinajstić information content (AvgIpc) is 0.910. The zero-order chi connectivity index (χ0) is 76.0. The molecule has 0 rings (SSSR count). The Kier molecular flexibility index (Phi) is 72.9. The van der Waals surface area contributed by atoms with Gasteiger partial charge in [0, 0.05) is 25.7 Å². The van der Waals surface area contributed by atoms with Gasteiger partial charge < -0.3 is 33.8 Å². The molecule has 0 aliphatic rings. The molecule has 0 radical (unpaired) electrons. The number of allylic oxidation sites excluding steroid dienone is 22. The van der Waals surface area contributed by atoms with E-state index < -0.39 is 97.5 Å². The van der Waals surface area contributed by atoms with Gasteiger partial charge in [0.05, 0.1) is 26.4 Å². The summed E-state index contributed by atoms with van der Waals surface area (Å²) in [7, 11) is -9.98. The maximum Gasteiger partial charge on any atom is 0.472 e. The van der Waals surface area contributed by atoms with Gasteiger partial charge in [0.2, 0.25) is 0 Å². The summed E-state index contributed by atoms with van der Waals surface area (Å²) in [5, 5.41) is 10.6. The lowest BCUT2D eigenvalue weighted by Gasteiger charge is -2.21. The van der Waals surface area contributed by atoms with Crippen LogP contribution in [0.15, 0.2) is 134 Å². The Hall–Kier alpha value is -4.80. The Labute approximate surface area is 631 Å². The number of carbonyl (C=O) groups excluding carboxylic acids is 4. The third-order valence-electron chi connectivity index (χ3n) is 16.6. The fourth-order valence-corrected chi connectivity index (χ4v) is 12.1. The number of ether oxygens (including phenoxy) is 4. The third-order valence-corrected chi connectivity index (χ3v) is 18.5. The van der Waals surface area contributed by atoms with Crippen molar-refractivity contribution in [1.29, 1.82) is 0 Å². The van der Waals surface area contributed by atoms with Crippen LogP contribution in [0.3, 0.4) is 0 Å². The van der Waals surface area contributed by atoms with Crippen LogP contribution in [0.2, 0.25) is 0 Å². The molecule has 0 bridgehead atoms. The Morgan fingerprint density at radius 1 is 0.279 bits per heavy atom. The second kappa shape index (κ2) is 76.4. The van der Waals surface area contributed by atoms with Crippen molar-refractivity contribution in [3.05, 3.63) is 134 Å². The Balaban J connectivity index is 5.40. The minimum absolute atomic E-state index is 0.0749. The molecule has 0 aromatic rings. The van der Waals surface area contributed by atoms with E-state index in [2.05, 4.69) is 161 Å². The summed E-state index contributed by atoms with van der Waals surface area (Å²) in [5.41, 5.74) is 0. The molecule has 596 valence electrons. The van der Waals surface area contributed by atoms with Gasteiger partial charge in [0.1, 0.15) is 19.3 Å². The van der Waals surface area contributed by atoms with Crippen LogP contribution in [-0.4, -0.2) is 96.7 Å². The highest BCUT2D eigenvalue weighted by atomic mass is 31.2. The molecule has 5 unspecified atom stereocenters. The first-order chi connectivity index (χ1) is 50.7. The van der Waals surface area contributed by atoms with E-state index in [1.807, 2.05) is 0 Å². The van der Waals surface area contributed by atoms with Gasteiger partial charge in [-0.2, -0.15) is 0 Å². The summed E-state index contributed by atoms with van der Waals surface area (Å²) in [6.07, 6.45) is 85.6. The number of phosphoric acid groups is 2. The van der Waals surface area contributed by atoms with Crippen molar-refractivity contribution in [1.82, 2.24) is 0 Å². The minimum Gasteiger partial charge on any atom is -0.462 e. The lowest BCUT2D eigenvalue weighted by Crippen LogP contribution is -2.30. The van der Waals surface area contributed by atoms with Crippen molar-refractivity contribution in [2.24, 2.45) is 0 Å². The first kappa shape index (κ1) is 99.2. The van der Waals surface area contributed by atoms with E-state index in [0.717, 1.165) is 193 Å². The second-order valence-electron chi connectivity index (χ2n) is 26.6. The van der Waals surface area contributed by atoms with Crippen LogP contribution in [-0.2, 0) is 65.4 Å². The minimum atomic E-state index is -4.99. The van der Waals surface area contributed by atoms with E-state index in [1.165, 1.54) is 51.4 Å². The van der Waals surface area contributed by atoms with Crippen molar-refractivity contribution < 1.29 is 80.2 Å². The molecule has 0 saturated carbocycles. The van der Waals surface area contributed by atoms with Gasteiger partial charge in [-0.3, -0.25) is 37.3 Å². The number of aliphatic hydroxyl groups excluding tert-OH is 1. The molecule has 17 nitrogen and oxygen atoms in total. The molecular weight excluding hydrogens is 1350 g/mol. The molecule has 0 aliphatic heterocycles. The number of esters is 4. The highest BCUT2D eigenvalue weighted by molar-refractivity contribution is 7.47. The van der Waals surface area contributed by atoms with Crippen molar-refractivity contribution in [2.75, 3.05) is 39.6 Å². The topological polar surface area (TPSA) is 237 Å². The SMILES string of the molecule is CC/C=C\C/C=C\C/C=C\C/C=C\CCCCCCC(=O)OCC(COP(=O)(O)OCC(O)COP(=O)(O)OCC(COC(=O)CCCCCC/C=C\C/C=C\C/C=C\C/C=C\CC)OC(=O)CCCCCCCCCCCCCCC)OC(=O)CCCCCCCCC/C=C\C/C=C\C/C=C\CC. The molecule has 3 N–H and O–H groups in total. The zero-order valence-electron chi connectivity index (χ0n) is 65.2. The summed E-state index contributed by atoms with van der Waals surface area (Å²) < 4.78 is 68.6. The standard InChI is InChI=1S/C85H144O17P2/c1-5-9-13-17-21-25-29-33-36-39-42-46-49-53-57-61-65-69-82(87)95-75-80(101-84(89)71-67-63-59-55-51-45-32-28-24-20-16-12-8-4)77-99-103(91,92)97-73-79(86)74-98-104(93,94)100-78-81(102-85(90)72-68-64-60-56-52-48-44-41-38-35-31-27-23-19-15-11-7-3)76-96-83(88)70-66-62-58-54-50-47-43-40-37-34-30-26-22-18-14-10-6-2/h9-11,13-15,21-23,25-27,33-38,42-43,46-47,79-81,86H,5-8,12,16-20,24,28-32,39-41,44-45,48-78H2,1-4H3,(H,91,92)(H,93,94)/b13-9-,14-10-,15-11-,25-21-,26-22-,27-23-,36-33-,37-34-,38-35-,46-42-,47-43-. The Morgan fingerprint density at radius 3 is 0.769 bits per heavy atom. The van der Waals surface area contributed by atoms with Crippen molar-refractivity contribution in [2.45, 2.75) is 341 Å². The molecule has 5 atom stereocenters. The van der Waals surface area contributed by atoms with Gasteiger partial charge in [-0.15, -0.1) is 0 Å². The summed E-state index contributed by atoms with van der Waals surface area (Å²) in [6.45, 7) is 4.50. The molecule has 0 aromatic heterocycles. The molecular formula is C85H144O17P2. The van der Waals surface area contributed by atoms with Gasteiger partial charge in [0.25, 0.3) is 0 Å². The van der Waals surface area contributed by atoms with E-state index in [1.54, 1.807) is 0 Å². The first-order valence-electron chi connectivity index (χ1n) is 40.4. The molecule has 0 aliphatic carbocycles. The average molecular weight is 1500 g/mol. The van der Waals surface area contributed by atoms with Crippen molar-refractivity contribution in [3.8, 4) is 0 Å². The van der Waals surface area contributed by atoms with Crippen LogP contribution < -0.4 is 0 Å². The fourth-order valence-electron chi connectivity index (χ4n) is 10.6. The maximum absolute atomic E-state index is 13.1. The summed E-state index contributed by atoms with van der Waals surface area (Å²) in [5.74, 6) is -2.23. The molecule has 0 saturated heterocycles. The van der Waals surface area contributed by atoms with Crippen LogP contribution >= 0.6 is 15.6 Å². The normalized spacial score (nSPS) is 14.6. The predicted octanol–water partition coefficient (Wildman–Crippen LogP) is 23.7. The van der Waals surface area contributed by atoms with Crippen LogP contribution in [0, 0.1) is 0 Å². The number of phosphoric ester groups is 2. The number of rotatable bonds is 75. The molecule has 0 spiro atoms. The number of aliphatic hydroxyl groups is 1. The lowest BCUT2D eigenvalue weighted by molar-refractivity contribution is -0.161. The quantitative estimate of drug-likeness (QED) is 0.0169. The van der Waals surface area contributed by atoms with E-state index in [-0.39, 0.29) is 25.7 Å². The maximum atomic E-state index is 13.1. The predicted molar refractivity (Wildman–Crippen MR) is 427 cm³/mol. The van der Waals surface area contributed by atoms with Gasteiger partial charge in [-0.05, 0) is 135 Å². The molecule has 0 amide bonds. The Morgan fingerprint density at radius 2 is 0.500 bits per heavy atom. The second-order valence-corrected chi connectivity index (χ2v) is 29.5. The molecule has 0 aromatic carbocycles. The lowest BCUT2D eigenvalue weighted by atomic mass is 10.0. The first-order valence-corrected chi connectivity index (χ1v) is 43.4. The monoisotopic (exact) mass is 1500 g/mol. The van der Waals surface area contributed by atoms with E-state index in [4.69, 9.17) is 37.0 Å². The highest BCUT2D eigenvalue weighted by Gasteiger charge is 2.30. The smallest absolute Gasteiger partial charge is 0.462 e. The van der Waals surface area contributed by atoms with E-state index in [0.29, 0.717) is 25.7 Å². The Bertz CT molecular complexity index is 2490. The van der Waals surface area contributed by atoms with Gasteiger partial charge in [0.15, 0.2) is 12.2 Å². The summed E-state index contributed by atoms with van der Waals surface area (Å²) >= 11 is 0. The van der Waals surface area contributed by atoms with E-state index in [9.17, 15) is 43.2 Å². The molecule has 104 heavy (non-hydrogen) atoms. The van der Waals surface area contributed by atoms with Crippen LogP contribution in [0.25, 0.3) is 0 Å². The van der Waals surface area contributed by atoms with Crippen LogP contribution in [0.4, 0.5) is 0 Å².